The molecule has 0 radical (unpaired) electrons. The Kier molecular flexibility index (Phi) is 6.92. The second-order valence-corrected chi connectivity index (χ2v) is 12.0. The van der Waals surface area contributed by atoms with E-state index in [4.69, 9.17) is 14.2 Å². The van der Waals surface area contributed by atoms with Gasteiger partial charge in [-0.05, 0) is 66.6 Å². The fourth-order valence-electron chi connectivity index (χ4n) is 6.15. The molecule has 5 rings (SSSR count). The first-order valence-corrected chi connectivity index (χ1v) is 14.2. The van der Waals surface area contributed by atoms with Crippen LogP contribution in [0.25, 0.3) is 0 Å². The van der Waals surface area contributed by atoms with E-state index in [1.54, 1.807) is 38.7 Å². The summed E-state index contributed by atoms with van der Waals surface area (Å²) in [6.07, 6.45) is 10.6. The lowest BCUT2D eigenvalue weighted by molar-refractivity contribution is 0.286. The van der Waals surface area contributed by atoms with E-state index in [1.807, 2.05) is 24.3 Å². The van der Waals surface area contributed by atoms with E-state index in [-0.39, 0.29) is 23.9 Å². The lowest BCUT2D eigenvalue weighted by Crippen LogP contribution is -2.38. The maximum atomic E-state index is 13.5. The van der Waals surface area contributed by atoms with E-state index < -0.39 is 10.0 Å². The van der Waals surface area contributed by atoms with Crippen molar-refractivity contribution >= 4 is 15.7 Å². The van der Waals surface area contributed by atoms with Crippen LogP contribution in [0.2, 0.25) is 0 Å². The number of methoxy groups -OCH3 is 3. The zero-order chi connectivity index (χ0) is 25.4. The molecule has 2 aromatic carbocycles. The summed E-state index contributed by atoms with van der Waals surface area (Å²) in [4.78, 5) is 0.376. The maximum absolute atomic E-state index is 13.5. The van der Waals surface area contributed by atoms with Crippen LogP contribution < -0.4 is 19.5 Å². The van der Waals surface area contributed by atoms with Crippen molar-refractivity contribution in [3.63, 3.8) is 0 Å². The summed E-state index contributed by atoms with van der Waals surface area (Å²) in [5.41, 5.74) is 3.04. The smallest absolute Gasteiger partial charge is 0.243 e. The van der Waals surface area contributed by atoms with Gasteiger partial charge in [0.15, 0.2) is 11.5 Å². The fraction of sp³-hybridized carbons (Fsp3) is 0.500. The van der Waals surface area contributed by atoms with E-state index in [9.17, 15) is 8.42 Å². The monoisotopic (exact) mass is 512 g/mol. The van der Waals surface area contributed by atoms with Gasteiger partial charge in [0.05, 0.1) is 32.3 Å². The minimum atomic E-state index is -3.56. The second-order valence-electron chi connectivity index (χ2n) is 10.00. The first-order chi connectivity index (χ1) is 17.4. The topological polar surface area (TPSA) is 77.1 Å². The highest BCUT2D eigenvalue weighted by molar-refractivity contribution is 7.89. The molecule has 0 aromatic heterocycles. The van der Waals surface area contributed by atoms with Crippen molar-refractivity contribution in [2.24, 2.45) is 5.92 Å². The summed E-state index contributed by atoms with van der Waals surface area (Å²) < 4.78 is 45.4. The first kappa shape index (κ1) is 25.0. The molecular weight excluding hydrogens is 476 g/mol. The second kappa shape index (κ2) is 9.98. The van der Waals surface area contributed by atoms with Gasteiger partial charge in [-0.25, -0.2) is 8.42 Å². The van der Waals surface area contributed by atoms with Crippen molar-refractivity contribution in [3.05, 3.63) is 53.6 Å². The van der Waals surface area contributed by atoms with E-state index in [1.165, 1.54) is 6.42 Å². The Labute approximate surface area is 214 Å². The van der Waals surface area contributed by atoms with Crippen LogP contribution in [0.5, 0.6) is 17.2 Å². The van der Waals surface area contributed by atoms with E-state index in [2.05, 4.69) is 17.5 Å². The van der Waals surface area contributed by atoms with E-state index in [0.29, 0.717) is 22.1 Å². The van der Waals surface area contributed by atoms with Gasteiger partial charge in [-0.1, -0.05) is 31.4 Å². The normalized spacial score (nSPS) is 23.6. The van der Waals surface area contributed by atoms with Gasteiger partial charge in [0.25, 0.3) is 0 Å². The van der Waals surface area contributed by atoms with E-state index >= 15 is 0 Å². The van der Waals surface area contributed by atoms with Gasteiger partial charge < -0.3 is 19.5 Å². The van der Waals surface area contributed by atoms with Crippen LogP contribution in [-0.2, 0) is 10.0 Å². The molecule has 36 heavy (non-hydrogen) atoms. The number of hydrogen-bond acceptors (Lipinski definition) is 6. The summed E-state index contributed by atoms with van der Waals surface area (Å²) in [7, 11) is 3.02. The predicted molar refractivity (Wildman–Crippen MR) is 141 cm³/mol. The van der Waals surface area contributed by atoms with Crippen LogP contribution in [0.3, 0.4) is 0 Å². The lowest BCUT2D eigenvalue weighted by Gasteiger charge is -2.38. The van der Waals surface area contributed by atoms with Crippen molar-refractivity contribution < 1.29 is 22.6 Å². The highest BCUT2D eigenvalue weighted by Gasteiger charge is 2.40. The Morgan fingerprint density at radius 2 is 1.64 bits per heavy atom. The van der Waals surface area contributed by atoms with Crippen molar-refractivity contribution in [1.29, 1.82) is 0 Å². The summed E-state index contributed by atoms with van der Waals surface area (Å²) in [6.45, 7) is 0. The average molecular weight is 513 g/mol. The van der Waals surface area contributed by atoms with Crippen LogP contribution in [0.15, 0.2) is 47.4 Å². The highest BCUT2D eigenvalue weighted by atomic mass is 32.2. The first-order valence-electron chi connectivity index (χ1n) is 12.7. The molecule has 0 amide bonds. The molecule has 1 heterocycles. The molecule has 3 aliphatic rings. The average Bonchev–Trinajstić information content (AvgIpc) is 3.42. The van der Waals surface area contributed by atoms with Crippen LogP contribution >= 0.6 is 0 Å². The third-order valence-corrected chi connectivity index (χ3v) is 10.1. The molecule has 0 bridgehead atoms. The molecule has 7 nitrogen and oxygen atoms in total. The molecule has 8 heteroatoms. The van der Waals surface area contributed by atoms with Crippen LogP contribution in [0.1, 0.15) is 61.6 Å². The van der Waals surface area contributed by atoms with Crippen molar-refractivity contribution in [3.8, 4) is 17.2 Å². The quantitative estimate of drug-likeness (QED) is 0.494. The Morgan fingerprint density at radius 1 is 0.944 bits per heavy atom. The molecular formula is C28H36N2O5S. The molecule has 0 saturated heterocycles. The van der Waals surface area contributed by atoms with Crippen molar-refractivity contribution in [1.82, 2.24) is 4.31 Å². The number of nitrogens with one attached hydrogen (secondary N) is 1. The largest absolute Gasteiger partial charge is 0.493 e. The Bertz CT molecular complexity index is 1230. The van der Waals surface area contributed by atoms with Gasteiger partial charge >= 0.3 is 0 Å². The molecule has 1 aliphatic heterocycles. The van der Waals surface area contributed by atoms with Crippen LogP contribution in [-0.4, -0.2) is 47.1 Å². The number of sulfonamides is 1. The number of allylic oxidation sites excluding steroid dienone is 2. The number of rotatable bonds is 7. The molecule has 1 saturated carbocycles. The van der Waals surface area contributed by atoms with Gasteiger partial charge in [0.2, 0.25) is 15.8 Å². The SMILES string of the molecule is COc1cc(C2Nc3ccc(S(=O)(=O)N(C)C4CCCCC4)cc3C3C=CCC32)cc(OC)c1OC. The van der Waals surface area contributed by atoms with Gasteiger partial charge in [0.1, 0.15) is 0 Å². The summed E-state index contributed by atoms with van der Waals surface area (Å²) in [6, 6.07) is 9.64. The highest BCUT2D eigenvalue weighted by Crippen LogP contribution is 2.52. The number of hydrogen-bond donors (Lipinski definition) is 1. The number of benzene rings is 2. The molecule has 3 unspecified atom stereocenters. The molecule has 194 valence electrons. The minimum Gasteiger partial charge on any atom is -0.493 e. The minimum absolute atomic E-state index is 0.0126. The summed E-state index contributed by atoms with van der Waals surface area (Å²) in [5, 5.41) is 3.70. The zero-order valence-corrected chi connectivity index (χ0v) is 22.3. The van der Waals surface area contributed by atoms with Gasteiger partial charge in [0, 0.05) is 24.7 Å². The molecule has 0 spiro atoms. The molecule has 1 fully saturated rings. The van der Waals surface area contributed by atoms with Crippen LogP contribution in [0, 0.1) is 5.92 Å². The lowest BCUT2D eigenvalue weighted by atomic mass is 9.77. The Morgan fingerprint density at radius 3 is 2.28 bits per heavy atom. The maximum Gasteiger partial charge on any atom is 0.243 e. The van der Waals surface area contributed by atoms with Gasteiger partial charge in [-0.2, -0.15) is 4.31 Å². The van der Waals surface area contributed by atoms with Crippen molar-refractivity contribution in [2.75, 3.05) is 33.7 Å². The third-order valence-electron chi connectivity index (χ3n) is 8.15. The zero-order valence-electron chi connectivity index (χ0n) is 21.5. The molecule has 1 N–H and O–H groups in total. The number of ether oxygens (including phenoxy) is 3. The molecule has 2 aromatic rings. The van der Waals surface area contributed by atoms with Crippen LogP contribution in [0.4, 0.5) is 5.69 Å². The summed E-state index contributed by atoms with van der Waals surface area (Å²) >= 11 is 0. The van der Waals surface area contributed by atoms with Crippen molar-refractivity contribution in [2.45, 2.75) is 61.4 Å². The number of anilines is 1. The summed E-state index contributed by atoms with van der Waals surface area (Å²) in [5.74, 6) is 2.18. The number of fused-ring (bicyclic) bond motifs is 3. The molecule has 3 atom stereocenters. The fourth-order valence-corrected chi connectivity index (χ4v) is 7.60. The van der Waals surface area contributed by atoms with Gasteiger partial charge in [-0.15, -0.1) is 0 Å². The molecule has 2 aliphatic carbocycles. The Hall–Kier alpha value is -2.71. The van der Waals surface area contributed by atoms with E-state index in [0.717, 1.165) is 48.9 Å². The Balaban J connectivity index is 1.50. The standard InChI is InChI=1S/C28H36N2O5S/c1-30(19-9-6-5-7-10-19)36(31,32)20-13-14-24-23(17-20)21-11-8-12-22(21)27(29-24)18-15-25(33-2)28(35-4)26(16-18)34-3/h8,11,13-17,19,21-22,27,29H,5-7,9-10,12H2,1-4H3. The predicted octanol–water partition coefficient (Wildman–Crippen LogP) is 5.49. The van der Waals surface area contributed by atoms with Gasteiger partial charge in [-0.3, -0.25) is 0 Å². The number of nitrogens with zero attached hydrogens (tertiary/aromatic N) is 1. The third kappa shape index (κ3) is 4.24.